The molecule has 2 saturated heterocycles. The second-order valence-electron chi connectivity index (χ2n) is 12.2. The van der Waals surface area contributed by atoms with Crippen LogP contribution in [0.4, 0.5) is 0 Å². The number of nitrogens with one attached hydrogen (secondary N) is 2. The van der Waals surface area contributed by atoms with Gasteiger partial charge in [-0.05, 0) is 83.2 Å². The lowest BCUT2D eigenvalue weighted by molar-refractivity contribution is -0.145. The summed E-state index contributed by atoms with van der Waals surface area (Å²) in [6, 6.07) is 7.37. The first-order valence-electron chi connectivity index (χ1n) is 15.9. The van der Waals surface area contributed by atoms with E-state index in [-0.39, 0.29) is 35.6 Å². The normalized spacial score (nSPS) is 22.6. The molecular weight excluding hydrogens is 516 g/mol. The van der Waals surface area contributed by atoms with Crippen LogP contribution in [-0.2, 0) is 20.8 Å². The van der Waals surface area contributed by atoms with Gasteiger partial charge in [0.2, 0.25) is 11.8 Å². The molecule has 2 heterocycles. The molecule has 0 saturated carbocycles. The summed E-state index contributed by atoms with van der Waals surface area (Å²) >= 11 is 0. The molecule has 8 N–H and O–H groups in total. The molecule has 2 amide bonds. The first-order valence-corrected chi connectivity index (χ1v) is 15.9. The van der Waals surface area contributed by atoms with Crippen LogP contribution in [0.2, 0.25) is 0 Å². The standard InChI is InChI=1S/C32H54N6O3/c1-3-8-25(11-7-20-36-32(34)35)37-30(40)28-19-18-26-12-5-4-9-24(31(41)38(26)28)10-6-13-29(39)27(33)21-23-16-14-22(2)15-17-23/h14-17,24-28,32,36H,3-13,18-21,33-35H2,1-2H3,(H,37,40). The maximum absolute atomic E-state index is 13.9. The topological polar surface area (TPSA) is 157 Å². The molecule has 2 fully saturated rings. The first-order chi connectivity index (χ1) is 19.7. The molecule has 2 aliphatic heterocycles. The van der Waals surface area contributed by atoms with E-state index in [1.807, 2.05) is 36.1 Å². The summed E-state index contributed by atoms with van der Waals surface area (Å²) in [4.78, 5) is 42.1. The van der Waals surface area contributed by atoms with E-state index in [1.54, 1.807) is 0 Å². The van der Waals surface area contributed by atoms with Crippen LogP contribution in [0, 0.1) is 12.8 Å². The van der Waals surface area contributed by atoms with Gasteiger partial charge < -0.3 is 27.4 Å². The van der Waals surface area contributed by atoms with E-state index >= 15 is 0 Å². The fourth-order valence-corrected chi connectivity index (χ4v) is 6.48. The number of rotatable bonds is 16. The van der Waals surface area contributed by atoms with Gasteiger partial charge >= 0.3 is 0 Å². The molecule has 0 spiro atoms. The monoisotopic (exact) mass is 570 g/mol. The van der Waals surface area contributed by atoms with E-state index < -0.39 is 18.4 Å². The van der Waals surface area contributed by atoms with E-state index in [9.17, 15) is 14.4 Å². The van der Waals surface area contributed by atoms with Crippen molar-refractivity contribution in [3.05, 3.63) is 35.4 Å². The van der Waals surface area contributed by atoms with Gasteiger partial charge in [-0.3, -0.25) is 19.7 Å². The van der Waals surface area contributed by atoms with E-state index in [0.29, 0.717) is 38.6 Å². The van der Waals surface area contributed by atoms with Gasteiger partial charge in [-0.1, -0.05) is 56.0 Å². The van der Waals surface area contributed by atoms with Crippen molar-refractivity contribution in [1.82, 2.24) is 15.5 Å². The highest BCUT2D eigenvalue weighted by atomic mass is 16.2. The zero-order valence-electron chi connectivity index (χ0n) is 25.3. The number of hydrogen-bond donors (Lipinski definition) is 5. The van der Waals surface area contributed by atoms with Gasteiger partial charge in [0.25, 0.3) is 0 Å². The number of fused-ring (bicyclic) bond motifs is 1. The number of aryl methyl sites for hydroxylation is 1. The number of benzene rings is 1. The van der Waals surface area contributed by atoms with Crippen LogP contribution in [-0.4, -0.2) is 59.5 Å². The maximum Gasteiger partial charge on any atom is 0.243 e. The third-order valence-electron chi connectivity index (χ3n) is 8.81. The van der Waals surface area contributed by atoms with Crippen molar-refractivity contribution in [1.29, 1.82) is 0 Å². The van der Waals surface area contributed by atoms with Crippen molar-refractivity contribution in [3.63, 3.8) is 0 Å². The molecule has 5 atom stereocenters. The molecule has 9 heteroatoms. The highest BCUT2D eigenvalue weighted by molar-refractivity contribution is 5.89. The lowest BCUT2D eigenvalue weighted by atomic mass is 9.89. The SMILES string of the molecule is CCCC(CCCNC(N)N)NC(=O)C1CCC2CCCCC(CCCC(=O)C(N)Cc3ccc(C)cc3)C(=O)N21. The molecule has 5 unspecified atom stereocenters. The molecule has 1 aromatic carbocycles. The minimum atomic E-state index is -0.538. The maximum atomic E-state index is 13.9. The van der Waals surface area contributed by atoms with Crippen molar-refractivity contribution in [2.75, 3.05) is 6.54 Å². The lowest BCUT2D eigenvalue weighted by Crippen LogP contribution is -2.53. The second-order valence-corrected chi connectivity index (χ2v) is 12.2. The summed E-state index contributed by atoms with van der Waals surface area (Å²) < 4.78 is 0. The van der Waals surface area contributed by atoms with Crippen LogP contribution in [0.5, 0.6) is 0 Å². The molecule has 1 aromatic rings. The number of nitrogens with two attached hydrogens (primary N) is 3. The third-order valence-corrected chi connectivity index (χ3v) is 8.81. The van der Waals surface area contributed by atoms with Gasteiger partial charge in [0.15, 0.2) is 0 Å². The Morgan fingerprint density at radius 3 is 2.44 bits per heavy atom. The lowest BCUT2D eigenvalue weighted by Gasteiger charge is -2.35. The fraction of sp³-hybridized carbons (Fsp3) is 0.719. The summed E-state index contributed by atoms with van der Waals surface area (Å²) in [5.41, 5.74) is 19.6. The Morgan fingerprint density at radius 2 is 1.73 bits per heavy atom. The first kappa shape index (κ1) is 33.2. The minimum Gasteiger partial charge on any atom is -0.352 e. The average molecular weight is 571 g/mol. The molecule has 0 aromatic heterocycles. The van der Waals surface area contributed by atoms with E-state index in [2.05, 4.69) is 17.6 Å². The largest absolute Gasteiger partial charge is 0.352 e. The van der Waals surface area contributed by atoms with Crippen LogP contribution >= 0.6 is 0 Å². The number of hydrogen-bond acceptors (Lipinski definition) is 7. The van der Waals surface area contributed by atoms with Crippen LogP contribution in [0.3, 0.4) is 0 Å². The Labute approximate surface area is 246 Å². The minimum absolute atomic E-state index is 0.0284. The van der Waals surface area contributed by atoms with E-state index in [4.69, 9.17) is 17.2 Å². The molecule has 0 radical (unpaired) electrons. The molecule has 0 aliphatic carbocycles. The zero-order valence-corrected chi connectivity index (χ0v) is 25.3. The number of Topliss-reactive ketones (excluding diaryl/α,β-unsaturated/α-hetero) is 1. The number of nitrogens with zero attached hydrogens (tertiary/aromatic N) is 1. The summed E-state index contributed by atoms with van der Waals surface area (Å²) in [7, 11) is 0. The van der Waals surface area contributed by atoms with Gasteiger partial charge in [0.1, 0.15) is 18.1 Å². The molecule has 3 rings (SSSR count). The second kappa shape index (κ2) is 16.9. The van der Waals surface area contributed by atoms with Crippen molar-refractivity contribution < 1.29 is 14.4 Å². The Morgan fingerprint density at radius 1 is 1.00 bits per heavy atom. The molecule has 2 aliphatic rings. The summed E-state index contributed by atoms with van der Waals surface area (Å²) in [5, 5.41) is 6.28. The zero-order chi connectivity index (χ0) is 29.8. The smallest absolute Gasteiger partial charge is 0.243 e. The van der Waals surface area contributed by atoms with Gasteiger partial charge in [0.05, 0.1) is 6.04 Å². The van der Waals surface area contributed by atoms with Gasteiger partial charge in [-0.25, -0.2) is 0 Å². The van der Waals surface area contributed by atoms with Crippen LogP contribution in [0.1, 0.15) is 102 Å². The van der Waals surface area contributed by atoms with Crippen molar-refractivity contribution in [3.8, 4) is 0 Å². The highest BCUT2D eigenvalue weighted by Crippen LogP contribution is 2.34. The molecule has 230 valence electrons. The number of amides is 2. The predicted octanol–water partition coefficient (Wildman–Crippen LogP) is 3.01. The van der Waals surface area contributed by atoms with Crippen LogP contribution < -0.4 is 27.8 Å². The Hall–Kier alpha value is -2.33. The highest BCUT2D eigenvalue weighted by Gasteiger charge is 2.43. The van der Waals surface area contributed by atoms with Gasteiger partial charge in [-0.2, -0.15) is 0 Å². The molecule has 41 heavy (non-hydrogen) atoms. The Kier molecular flexibility index (Phi) is 13.7. The van der Waals surface area contributed by atoms with Crippen molar-refractivity contribution in [2.24, 2.45) is 23.1 Å². The van der Waals surface area contributed by atoms with E-state index in [0.717, 1.165) is 63.4 Å². The van der Waals surface area contributed by atoms with Crippen molar-refractivity contribution in [2.45, 2.75) is 134 Å². The Balaban J connectivity index is 1.54. The van der Waals surface area contributed by atoms with Gasteiger partial charge in [0, 0.05) is 24.4 Å². The van der Waals surface area contributed by atoms with Gasteiger partial charge in [-0.15, -0.1) is 0 Å². The predicted molar refractivity (Wildman–Crippen MR) is 164 cm³/mol. The number of ketones is 1. The molecular formula is C32H54N6O3. The summed E-state index contributed by atoms with van der Waals surface area (Å²) in [6.45, 7) is 4.85. The number of carbonyl (C=O) groups is 3. The quantitative estimate of drug-likeness (QED) is 0.151. The van der Waals surface area contributed by atoms with Crippen LogP contribution in [0.15, 0.2) is 24.3 Å². The number of carbonyl (C=O) groups excluding carboxylic acids is 3. The van der Waals surface area contributed by atoms with E-state index in [1.165, 1.54) is 5.56 Å². The summed E-state index contributed by atoms with van der Waals surface area (Å²) in [5.74, 6) is -0.0348. The fourth-order valence-electron chi connectivity index (χ4n) is 6.48. The third kappa shape index (κ3) is 10.5. The molecule has 0 bridgehead atoms. The summed E-state index contributed by atoms with van der Waals surface area (Å²) in [6.07, 6.45) is 10.7. The average Bonchev–Trinajstić information content (AvgIpc) is 3.35. The Bertz CT molecular complexity index is 969. The van der Waals surface area contributed by atoms with Crippen molar-refractivity contribution >= 4 is 17.6 Å². The van der Waals surface area contributed by atoms with Crippen LogP contribution in [0.25, 0.3) is 0 Å². The molecule has 9 nitrogen and oxygen atoms in total.